The molecule has 0 radical (unpaired) electrons. The Morgan fingerprint density at radius 3 is 2.72 bits per heavy atom. The van der Waals surface area contributed by atoms with Crippen LogP contribution in [0.3, 0.4) is 0 Å². The molecule has 0 saturated carbocycles. The third kappa shape index (κ3) is 5.43. The third-order valence-electron chi connectivity index (χ3n) is 4.90. The average Bonchev–Trinajstić information content (AvgIpc) is 3.31. The SMILES string of the molecule is CCN(C(=O)COC(=O)c1ccc(Sc2nncn2C)c([N+](=O)[O-])c1)[C@H]1CCS(=O)(=O)C1. The number of nitro benzene ring substituents is 1. The summed E-state index contributed by atoms with van der Waals surface area (Å²) in [6.07, 6.45) is 1.80. The first kappa shape index (κ1) is 23.7. The van der Waals surface area contributed by atoms with Crippen LogP contribution < -0.4 is 0 Å². The van der Waals surface area contributed by atoms with Gasteiger partial charge >= 0.3 is 5.97 Å². The van der Waals surface area contributed by atoms with Crippen molar-refractivity contribution in [3.63, 3.8) is 0 Å². The predicted octanol–water partition coefficient (Wildman–Crippen LogP) is 1.07. The van der Waals surface area contributed by atoms with Gasteiger partial charge in [-0.2, -0.15) is 0 Å². The highest BCUT2D eigenvalue weighted by molar-refractivity contribution is 7.99. The first-order valence-corrected chi connectivity index (χ1v) is 12.2. The second kappa shape index (κ2) is 9.65. The number of benzene rings is 1. The molecule has 1 aromatic heterocycles. The van der Waals surface area contributed by atoms with Crippen LogP contribution in [0.4, 0.5) is 5.69 Å². The highest BCUT2D eigenvalue weighted by atomic mass is 32.2. The molecule has 1 fully saturated rings. The number of nitrogens with zero attached hydrogens (tertiary/aromatic N) is 5. The van der Waals surface area contributed by atoms with Gasteiger partial charge in [0, 0.05) is 25.7 Å². The number of aromatic nitrogens is 3. The van der Waals surface area contributed by atoms with E-state index >= 15 is 0 Å². The number of amides is 1. The van der Waals surface area contributed by atoms with Crippen LogP contribution in [0, 0.1) is 10.1 Å². The number of esters is 1. The van der Waals surface area contributed by atoms with Gasteiger partial charge in [-0.3, -0.25) is 14.9 Å². The second-order valence-electron chi connectivity index (χ2n) is 7.08. The van der Waals surface area contributed by atoms with Gasteiger partial charge in [-0.05, 0) is 37.2 Å². The Balaban J connectivity index is 1.68. The quantitative estimate of drug-likeness (QED) is 0.302. The van der Waals surface area contributed by atoms with Crippen LogP contribution in [0.5, 0.6) is 0 Å². The molecule has 0 bridgehead atoms. The van der Waals surface area contributed by atoms with E-state index in [1.165, 1.54) is 23.4 Å². The van der Waals surface area contributed by atoms with Crippen molar-refractivity contribution >= 4 is 39.2 Å². The maximum atomic E-state index is 12.5. The number of likely N-dealkylation sites (N-methyl/N-ethyl adjacent to an activating group) is 1. The van der Waals surface area contributed by atoms with Crippen molar-refractivity contribution in [1.29, 1.82) is 0 Å². The number of carbonyl (C=O) groups excluding carboxylic acids is 2. The van der Waals surface area contributed by atoms with Crippen LogP contribution in [-0.2, 0) is 26.4 Å². The van der Waals surface area contributed by atoms with Crippen molar-refractivity contribution in [1.82, 2.24) is 19.7 Å². The molecular formula is C18H21N5O7S2. The second-order valence-corrected chi connectivity index (χ2v) is 10.3. The zero-order chi connectivity index (χ0) is 23.5. The van der Waals surface area contributed by atoms with Crippen molar-refractivity contribution in [2.24, 2.45) is 7.05 Å². The van der Waals surface area contributed by atoms with Crippen molar-refractivity contribution in [3.05, 3.63) is 40.2 Å². The minimum atomic E-state index is -3.17. The standard InChI is InChI=1S/C18H21N5O7S2/c1-3-22(13-6-7-32(28,29)10-13)16(24)9-30-17(25)12-4-5-15(14(8-12)23(26)27)31-18-20-19-11-21(18)2/h4-5,8,11,13H,3,6-7,9-10H2,1-2H3/t13-/m0/s1. The molecule has 1 amide bonds. The molecule has 2 aromatic rings. The van der Waals surface area contributed by atoms with Gasteiger partial charge in [0.25, 0.3) is 11.6 Å². The van der Waals surface area contributed by atoms with E-state index in [-0.39, 0.29) is 34.2 Å². The molecule has 1 aliphatic rings. The number of hydrogen-bond acceptors (Lipinski definition) is 10. The Hall–Kier alpha value is -3.00. The first-order chi connectivity index (χ1) is 15.1. The van der Waals surface area contributed by atoms with E-state index in [1.807, 2.05) is 0 Å². The van der Waals surface area contributed by atoms with Crippen LogP contribution in [0.25, 0.3) is 0 Å². The van der Waals surface area contributed by atoms with Gasteiger partial charge in [0.05, 0.1) is 26.9 Å². The highest BCUT2D eigenvalue weighted by Crippen LogP contribution is 2.34. The molecule has 32 heavy (non-hydrogen) atoms. The maximum Gasteiger partial charge on any atom is 0.338 e. The lowest BCUT2D eigenvalue weighted by atomic mass is 10.2. The molecule has 12 nitrogen and oxygen atoms in total. The summed E-state index contributed by atoms with van der Waals surface area (Å²) < 4.78 is 30.0. The van der Waals surface area contributed by atoms with Gasteiger partial charge in [0.1, 0.15) is 6.33 Å². The molecule has 0 spiro atoms. The van der Waals surface area contributed by atoms with E-state index in [4.69, 9.17) is 4.74 Å². The van der Waals surface area contributed by atoms with Crippen LogP contribution in [0.15, 0.2) is 34.6 Å². The van der Waals surface area contributed by atoms with Gasteiger partial charge < -0.3 is 14.2 Å². The summed E-state index contributed by atoms with van der Waals surface area (Å²) in [5.74, 6) is -1.51. The van der Waals surface area contributed by atoms with Crippen LogP contribution in [0.1, 0.15) is 23.7 Å². The van der Waals surface area contributed by atoms with Gasteiger partial charge in [-0.25, -0.2) is 13.2 Å². The summed E-state index contributed by atoms with van der Waals surface area (Å²) in [4.78, 5) is 37.4. The Kier molecular flexibility index (Phi) is 7.13. The molecule has 1 aliphatic heterocycles. The maximum absolute atomic E-state index is 12.5. The smallest absolute Gasteiger partial charge is 0.338 e. The zero-order valence-electron chi connectivity index (χ0n) is 17.3. The molecule has 0 aliphatic carbocycles. The Morgan fingerprint density at radius 2 is 2.16 bits per heavy atom. The number of ether oxygens (including phenoxy) is 1. The predicted molar refractivity (Wildman–Crippen MR) is 113 cm³/mol. The van der Waals surface area contributed by atoms with E-state index in [2.05, 4.69) is 10.2 Å². The largest absolute Gasteiger partial charge is 0.452 e. The lowest BCUT2D eigenvalue weighted by Crippen LogP contribution is -2.43. The number of aryl methyl sites for hydroxylation is 1. The minimum Gasteiger partial charge on any atom is -0.452 e. The van der Waals surface area contributed by atoms with Crippen molar-refractivity contribution in [3.8, 4) is 0 Å². The Morgan fingerprint density at radius 1 is 1.41 bits per heavy atom. The average molecular weight is 484 g/mol. The van der Waals surface area contributed by atoms with Crippen molar-refractivity contribution in [2.45, 2.75) is 29.4 Å². The molecule has 14 heteroatoms. The summed E-state index contributed by atoms with van der Waals surface area (Å²) in [5, 5.41) is 19.5. The number of sulfone groups is 1. The van der Waals surface area contributed by atoms with Crippen molar-refractivity contribution < 1.29 is 27.7 Å². The number of carbonyl (C=O) groups is 2. The van der Waals surface area contributed by atoms with Gasteiger partial charge in [0.15, 0.2) is 21.6 Å². The normalized spacial score (nSPS) is 17.1. The van der Waals surface area contributed by atoms with E-state index in [0.29, 0.717) is 11.6 Å². The molecule has 1 aromatic carbocycles. The lowest BCUT2D eigenvalue weighted by Gasteiger charge is -2.26. The summed E-state index contributed by atoms with van der Waals surface area (Å²) in [6.45, 7) is 1.39. The number of rotatable bonds is 8. The first-order valence-electron chi connectivity index (χ1n) is 9.58. The molecule has 0 N–H and O–H groups in total. The lowest BCUT2D eigenvalue weighted by molar-refractivity contribution is -0.387. The fourth-order valence-electron chi connectivity index (χ4n) is 3.29. The van der Waals surface area contributed by atoms with E-state index in [9.17, 15) is 28.1 Å². The van der Waals surface area contributed by atoms with Gasteiger partial charge in [-0.1, -0.05) is 0 Å². The monoisotopic (exact) mass is 483 g/mol. The summed E-state index contributed by atoms with van der Waals surface area (Å²) >= 11 is 1.02. The number of hydrogen-bond donors (Lipinski definition) is 0. The van der Waals surface area contributed by atoms with Crippen molar-refractivity contribution in [2.75, 3.05) is 24.7 Å². The Bertz CT molecular complexity index is 1150. The zero-order valence-corrected chi connectivity index (χ0v) is 19.0. The summed E-state index contributed by atoms with van der Waals surface area (Å²) in [5.41, 5.74) is -0.400. The highest BCUT2D eigenvalue weighted by Gasteiger charge is 2.34. The van der Waals surface area contributed by atoms with Crippen LogP contribution in [-0.4, -0.2) is 75.6 Å². The molecule has 0 unspecified atom stereocenters. The van der Waals surface area contributed by atoms with E-state index < -0.39 is 39.3 Å². The van der Waals surface area contributed by atoms with Gasteiger partial charge in [-0.15, -0.1) is 10.2 Å². The molecular weight excluding hydrogens is 462 g/mol. The molecule has 2 heterocycles. The summed E-state index contributed by atoms with van der Waals surface area (Å²) in [6, 6.07) is 3.39. The number of nitro groups is 1. The Labute approximate surface area is 188 Å². The van der Waals surface area contributed by atoms with Crippen LogP contribution >= 0.6 is 11.8 Å². The fourth-order valence-corrected chi connectivity index (χ4v) is 5.87. The van der Waals surface area contributed by atoms with E-state index in [0.717, 1.165) is 17.8 Å². The van der Waals surface area contributed by atoms with E-state index in [1.54, 1.807) is 18.5 Å². The fraction of sp³-hybridized carbons (Fsp3) is 0.444. The van der Waals surface area contributed by atoms with Crippen LogP contribution in [0.2, 0.25) is 0 Å². The molecule has 3 rings (SSSR count). The molecule has 172 valence electrons. The summed E-state index contributed by atoms with van der Waals surface area (Å²) in [7, 11) is -1.48. The molecule has 1 atom stereocenters. The van der Waals surface area contributed by atoms with Gasteiger partial charge in [0.2, 0.25) is 0 Å². The minimum absolute atomic E-state index is 0.0175. The third-order valence-corrected chi connectivity index (χ3v) is 7.77. The topological polar surface area (TPSA) is 155 Å². The molecule has 1 saturated heterocycles.